The zero-order chi connectivity index (χ0) is 20.5. The smallest absolute Gasteiger partial charge is 0.262 e. The van der Waals surface area contributed by atoms with Crippen molar-refractivity contribution in [2.24, 2.45) is 0 Å². The normalized spacial score (nSPS) is 18.5. The predicted molar refractivity (Wildman–Crippen MR) is 106 cm³/mol. The Kier molecular flexibility index (Phi) is 4.75. The van der Waals surface area contributed by atoms with E-state index in [9.17, 15) is 19.2 Å². The molecule has 8 nitrogen and oxygen atoms in total. The molecule has 1 unspecified atom stereocenters. The highest BCUT2D eigenvalue weighted by Gasteiger charge is 2.45. The molecule has 3 N–H and O–H groups in total. The summed E-state index contributed by atoms with van der Waals surface area (Å²) in [6, 6.07) is 11.8. The van der Waals surface area contributed by atoms with Crippen molar-refractivity contribution in [1.29, 1.82) is 0 Å². The fraction of sp³-hybridized carbons (Fsp3) is 0.238. The quantitative estimate of drug-likeness (QED) is 0.669. The number of fused-ring (bicyclic) bond motifs is 1. The van der Waals surface area contributed by atoms with Crippen molar-refractivity contribution in [2.45, 2.75) is 25.4 Å². The summed E-state index contributed by atoms with van der Waals surface area (Å²) in [7, 11) is 1.83. The van der Waals surface area contributed by atoms with Gasteiger partial charge in [0.15, 0.2) is 0 Å². The van der Waals surface area contributed by atoms with Crippen molar-refractivity contribution in [3.63, 3.8) is 0 Å². The van der Waals surface area contributed by atoms with Gasteiger partial charge in [0.05, 0.1) is 11.1 Å². The number of carbonyl (C=O) groups excluding carboxylic acids is 4. The zero-order valence-corrected chi connectivity index (χ0v) is 15.8. The zero-order valence-electron chi connectivity index (χ0n) is 15.8. The van der Waals surface area contributed by atoms with Crippen molar-refractivity contribution >= 4 is 35.0 Å². The van der Waals surface area contributed by atoms with Crippen LogP contribution in [0.3, 0.4) is 0 Å². The number of hydrogen-bond donors (Lipinski definition) is 3. The summed E-state index contributed by atoms with van der Waals surface area (Å²) in [4.78, 5) is 50.5. The first-order valence-electron chi connectivity index (χ1n) is 9.34. The Balaban J connectivity index is 1.59. The third-order valence-corrected chi connectivity index (χ3v) is 5.19. The molecule has 0 radical (unpaired) electrons. The average Bonchev–Trinajstić information content (AvgIpc) is 2.98. The van der Waals surface area contributed by atoms with Crippen LogP contribution < -0.4 is 16.0 Å². The van der Waals surface area contributed by atoms with Crippen LogP contribution in [0.5, 0.6) is 0 Å². The van der Waals surface area contributed by atoms with Crippen molar-refractivity contribution in [3.05, 3.63) is 59.2 Å². The standard InChI is InChI=1S/C21H20N4O4/c1-22-13-5-3-6-14(10-13)23-11-12-4-2-7-15-18(12)21(29)25(20(15)28)16-8-9-17(26)24-19(16)27/h2-7,10,16,22-23H,8-9,11H2,1H3,(H,24,26,27). The van der Waals surface area contributed by atoms with Gasteiger partial charge in [0.1, 0.15) is 6.04 Å². The van der Waals surface area contributed by atoms with Crippen molar-refractivity contribution in [2.75, 3.05) is 17.7 Å². The molecule has 0 aromatic heterocycles. The molecule has 1 fully saturated rings. The molecule has 2 aromatic carbocycles. The van der Waals surface area contributed by atoms with E-state index in [0.29, 0.717) is 17.7 Å². The summed E-state index contributed by atoms with van der Waals surface area (Å²) in [6.07, 6.45) is 0.237. The van der Waals surface area contributed by atoms with Gasteiger partial charge in [-0.2, -0.15) is 0 Å². The topological polar surface area (TPSA) is 108 Å². The molecule has 148 valence electrons. The summed E-state index contributed by atoms with van der Waals surface area (Å²) in [6.45, 7) is 0.346. The lowest BCUT2D eigenvalue weighted by Gasteiger charge is -2.27. The summed E-state index contributed by atoms with van der Waals surface area (Å²) in [5.74, 6) is -2.00. The Morgan fingerprint density at radius 2 is 1.79 bits per heavy atom. The van der Waals surface area contributed by atoms with Gasteiger partial charge >= 0.3 is 0 Å². The Morgan fingerprint density at radius 3 is 2.55 bits per heavy atom. The van der Waals surface area contributed by atoms with Crippen LogP contribution in [0.2, 0.25) is 0 Å². The number of nitrogens with zero attached hydrogens (tertiary/aromatic N) is 1. The summed E-state index contributed by atoms with van der Waals surface area (Å²) in [5, 5.41) is 8.53. The highest BCUT2D eigenvalue weighted by Crippen LogP contribution is 2.30. The molecule has 1 atom stereocenters. The van der Waals surface area contributed by atoms with Gasteiger partial charge < -0.3 is 10.6 Å². The predicted octanol–water partition coefficient (Wildman–Crippen LogP) is 1.74. The van der Waals surface area contributed by atoms with Gasteiger partial charge in [-0.05, 0) is 36.2 Å². The number of imide groups is 2. The van der Waals surface area contributed by atoms with E-state index in [1.165, 1.54) is 0 Å². The van der Waals surface area contributed by atoms with E-state index in [4.69, 9.17) is 0 Å². The lowest BCUT2D eigenvalue weighted by molar-refractivity contribution is -0.136. The molecule has 29 heavy (non-hydrogen) atoms. The number of anilines is 2. The van der Waals surface area contributed by atoms with E-state index in [1.54, 1.807) is 18.2 Å². The Labute approximate surface area is 167 Å². The van der Waals surface area contributed by atoms with Gasteiger partial charge in [0, 0.05) is 31.4 Å². The van der Waals surface area contributed by atoms with Crippen molar-refractivity contribution in [1.82, 2.24) is 10.2 Å². The van der Waals surface area contributed by atoms with Crippen LogP contribution in [0.15, 0.2) is 42.5 Å². The third kappa shape index (κ3) is 3.33. The fourth-order valence-electron chi connectivity index (χ4n) is 3.71. The molecule has 0 saturated carbocycles. The Morgan fingerprint density at radius 1 is 1.03 bits per heavy atom. The van der Waals surface area contributed by atoms with Crippen LogP contribution in [0.1, 0.15) is 39.1 Å². The highest BCUT2D eigenvalue weighted by molar-refractivity contribution is 6.24. The maximum atomic E-state index is 13.1. The van der Waals surface area contributed by atoms with Crippen LogP contribution in [0.4, 0.5) is 11.4 Å². The first-order chi connectivity index (χ1) is 14.0. The van der Waals surface area contributed by atoms with E-state index in [2.05, 4.69) is 16.0 Å². The fourth-order valence-corrected chi connectivity index (χ4v) is 3.71. The summed E-state index contributed by atoms with van der Waals surface area (Å²) < 4.78 is 0. The van der Waals surface area contributed by atoms with E-state index < -0.39 is 29.7 Å². The third-order valence-electron chi connectivity index (χ3n) is 5.19. The van der Waals surface area contributed by atoms with Crippen LogP contribution >= 0.6 is 0 Å². The van der Waals surface area contributed by atoms with Gasteiger partial charge in [-0.3, -0.25) is 29.4 Å². The highest BCUT2D eigenvalue weighted by atomic mass is 16.2. The molecule has 2 heterocycles. The lowest BCUT2D eigenvalue weighted by atomic mass is 10.0. The van der Waals surface area contributed by atoms with Crippen LogP contribution in [0.25, 0.3) is 0 Å². The van der Waals surface area contributed by atoms with Crippen LogP contribution in [-0.2, 0) is 16.1 Å². The maximum Gasteiger partial charge on any atom is 0.262 e. The molecule has 4 amide bonds. The molecule has 0 spiro atoms. The lowest BCUT2D eigenvalue weighted by Crippen LogP contribution is -2.54. The number of nitrogens with one attached hydrogen (secondary N) is 3. The molecular weight excluding hydrogens is 372 g/mol. The molecule has 2 aliphatic rings. The van der Waals surface area contributed by atoms with E-state index in [1.807, 2.05) is 31.3 Å². The number of amides is 4. The SMILES string of the molecule is CNc1cccc(NCc2cccc3c2C(=O)N(C2CCC(=O)NC2=O)C3=O)c1. The molecular formula is C21H20N4O4. The van der Waals surface area contributed by atoms with E-state index in [-0.39, 0.29) is 18.4 Å². The van der Waals surface area contributed by atoms with Crippen molar-refractivity contribution < 1.29 is 19.2 Å². The second-order valence-corrected chi connectivity index (χ2v) is 6.97. The van der Waals surface area contributed by atoms with Crippen LogP contribution in [0, 0.1) is 0 Å². The Bertz CT molecular complexity index is 1030. The second-order valence-electron chi connectivity index (χ2n) is 6.97. The number of rotatable bonds is 5. The first kappa shape index (κ1) is 18.7. The minimum atomic E-state index is -0.965. The van der Waals surface area contributed by atoms with Crippen molar-refractivity contribution in [3.8, 4) is 0 Å². The van der Waals surface area contributed by atoms with E-state index >= 15 is 0 Å². The minimum absolute atomic E-state index is 0.0973. The summed E-state index contributed by atoms with van der Waals surface area (Å²) >= 11 is 0. The first-order valence-corrected chi connectivity index (χ1v) is 9.34. The van der Waals surface area contributed by atoms with Gasteiger partial charge in [-0.15, -0.1) is 0 Å². The Hall–Kier alpha value is -3.68. The second kappa shape index (κ2) is 7.38. The molecule has 8 heteroatoms. The number of benzene rings is 2. The molecule has 2 aromatic rings. The number of hydrogen-bond acceptors (Lipinski definition) is 6. The van der Waals surface area contributed by atoms with Gasteiger partial charge in [-0.1, -0.05) is 18.2 Å². The van der Waals surface area contributed by atoms with Crippen LogP contribution in [-0.4, -0.2) is 41.6 Å². The number of piperidine rings is 1. The van der Waals surface area contributed by atoms with Gasteiger partial charge in [-0.25, -0.2) is 0 Å². The number of carbonyl (C=O) groups is 4. The molecule has 4 rings (SSSR count). The average molecular weight is 392 g/mol. The van der Waals surface area contributed by atoms with Gasteiger partial charge in [0.2, 0.25) is 11.8 Å². The molecule has 0 aliphatic carbocycles. The van der Waals surface area contributed by atoms with Gasteiger partial charge in [0.25, 0.3) is 11.8 Å². The maximum absolute atomic E-state index is 13.1. The largest absolute Gasteiger partial charge is 0.388 e. The molecule has 0 bridgehead atoms. The molecule has 2 aliphatic heterocycles. The summed E-state index contributed by atoms with van der Waals surface area (Å²) in [5.41, 5.74) is 3.07. The monoisotopic (exact) mass is 392 g/mol. The molecule has 1 saturated heterocycles. The minimum Gasteiger partial charge on any atom is -0.388 e. The van der Waals surface area contributed by atoms with E-state index in [0.717, 1.165) is 16.3 Å².